The van der Waals surface area contributed by atoms with Gasteiger partial charge in [0.05, 0.1) is 6.04 Å². The second kappa shape index (κ2) is 7.57. The standard InChI is InChI=1S/C17H26N2O2/c1-13-6-4-5-7-15(13)16(19(2)3)12-18-17(20)14-8-10-21-11-9-14/h4-7,14,16H,8-12H2,1-3H3,(H,18,20)/t16-/m1/s1. The highest BCUT2D eigenvalue weighted by Gasteiger charge is 2.23. The van der Waals surface area contributed by atoms with E-state index in [1.165, 1.54) is 11.1 Å². The van der Waals surface area contributed by atoms with Crippen LogP contribution in [0.15, 0.2) is 24.3 Å². The van der Waals surface area contributed by atoms with Crippen molar-refractivity contribution in [2.75, 3.05) is 33.9 Å². The summed E-state index contributed by atoms with van der Waals surface area (Å²) in [4.78, 5) is 14.4. The van der Waals surface area contributed by atoms with Crippen LogP contribution in [0.3, 0.4) is 0 Å². The lowest BCUT2D eigenvalue weighted by molar-refractivity contribution is -0.128. The quantitative estimate of drug-likeness (QED) is 0.903. The smallest absolute Gasteiger partial charge is 0.223 e. The highest BCUT2D eigenvalue weighted by atomic mass is 16.5. The first-order valence-electron chi connectivity index (χ1n) is 7.67. The third-order valence-corrected chi connectivity index (χ3v) is 4.23. The molecule has 1 N–H and O–H groups in total. The van der Waals surface area contributed by atoms with Gasteiger partial charge >= 0.3 is 0 Å². The Morgan fingerprint density at radius 1 is 1.33 bits per heavy atom. The average molecular weight is 290 g/mol. The molecule has 1 fully saturated rings. The summed E-state index contributed by atoms with van der Waals surface area (Å²) in [5.41, 5.74) is 2.53. The molecule has 1 amide bonds. The number of aryl methyl sites for hydroxylation is 1. The molecule has 4 nitrogen and oxygen atoms in total. The molecule has 1 saturated heterocycles. The van der Waals surface area contributed by atoms with Gasteiger partial charge in [0.15, 0.2) is 0 Å². The predicted molar refractivity (Wildman–Crippen MR) is 84.2 cm³/mol. The average Bonchev–Trinajstić information content (AvgIpc) is 2.49. The fraction of sp³-hybridized carbons (Fsp3) is 0.588. The Labute approximate surface area is 127 Å². The molecule has 0 radical (unpaired) electrons. The predicted octanol–water partition coefficient (Wildman–Crippen LogP) is 2.14. The molecule has 0 aliphatic carbocycles. The minimum absolute atomic E-state index is 0.110. The number of hydrogen-bond acceptors (Lipinski definition) is 3. The van der Waals surface area contributed by atoms with E-state index >= 15 is 0 Å². The van der Waals surface area contributed by atoms with Crippen molar-refractivity contribution in [3.63, 3.8) is 0 Å². The fourth-order valence-corrected chi connectivity index (χ4v) is 2.83. The highest BCUT2D eigenvalue weighted by Crippen LogP contribution is 2.21. The maximum atomic E-state index is 12.3. The molecular formula is C17H26N2O2. The van der Waals surface area contributed by atoms with Gasteiger partial charge in [-0.1, -0.05) is 24.3 Å². The van der Waals surface area contributed by atoms with Gasteiger partial charge in [-0.05, 0) is 45.0 Å². The van der Waals surface area contributed by atoms with Crippen molar-refractivity contribution in [2.45, 2.75) is 25.8 Å². The van der Waals surface area contributed by atoms with Crippen molar-refractivity contribution in [3.8, 4) is 0 Å². The lowest BCUT2D eigenvalue weighted by Gasteiger charge is -2.28. The molecule has 0 unspecified atom stereocenters. The van der Waals surface area contributed by atoms with E-state index in [1.54, 1.807) is 0 Å². The molecule has 2 rings (SSSR count). The number of carbonyl (C=O) groups is 1. The molecule has 1 aromatic rings. The van der Waals surface area contributed by atoms with Gasteiger partial charge in [0, 0.05) is 25.7 Å². The van der Waals surface area contributed by atoms with Crippen LogP contribution in [0.5, 0.6) is 0 Å². The SMILES string of the molecule is Cc1ccccc1[C@@H](CNC(=O)C1CCOCC1)N(C)C. The maximum Gasteiger partial charge on any atom is 0.223 e. The third-order valence-electron chi connectivity index (χ3n) is 4.23. The first kappa shape index (κ1) is 16.0. The summed E-state index contributed by atoms with van der Waals surface area (Å²) in [5.74, 6) is 0.275. The number of likely N-dealkylation sites (N-methyl/N-ethyl adjacent to an activating group) is 1. The van der Waals surface area contributed by atoms with Crippen LogP contribution in [0.25, 0.3) is 0 Å². The zero-order chi connectivity index (χ0) is 15.2. The first-order valence-corrected chi connectivity index (χ1v) is 7.67. The Morgan fingerprint density at radius 3 is 2.62 bits per heavy atom. The normalized spacial score (nSPS) is 17.7. The fourth-order valence-electron chi connectivity index (χ4n) is 2.83. The summed E-state index contributed by atoms with van der Waals surface area (Å²) in [6.45, 7) is 4.17. The van der Waals surface area contributed by atoms with Crippen LogP contribution >= 0.6 is 0 Å². The van der Waals surface area contributed by atoms with E-state index in [1.807, 2.05) is 6.07 Å². The van der Waals surface area contributed by atoms with Crippen LogP contribution < -0.4 is 5.32 Å². The van der Waals surface area contributed by atoms with E-state index in [0.29, 0.717) is 19.8 Å². The largest absolute Gasteiger partial charge is 0.381 e. The van der Waals surface area contributed by atoms with Crippen LogP contribution in [0.2, 0.25) is 0 Å². The molecule has 1 aromatic carbocycles. The Hall–Kier alpha value is -1.39. The van der Waals surface area contributed by atoms with E-state index in [2.05, 4.69) is 49.4 Å². The van der Waals surface area contributed by atoms with E-state index < -0.39 is 0 Å². The van der Waals surface area contributed by atoms with Crippen LogP contribution in [0.1, 0.15) is 30.0 Å². The Bertz CT molecular complexity index is 468. The number of amides is 1. The van der Waals surface area contributed by atoms with E-state index in [0.717, 1.165) is 12.8 Å². The summed E-state index contributed by atoms with van der Waals surface area (Å²) >= 11 is 0. The van der Waals surface area contributed by atoms with Crippen LogP contribution in [0.4, 0.5) is 0 Å². The van der Waals surface area contributed by atoms with Gasteiger partial charge in [-0.2, -0.15) is 0 Å². The summed E-state index contributed by atoms with van der Waals surface area (Å²) < 4.78 is 5.31. The molecule has 116 valence electrons. The zero-order valence-corrected chi connectivity index (χ0v) is 13.3. The summed E-state index contributed by atoms with van der Waals surface area (Å²) in [6.07, 6.45) is 1.67. The first-order chi connectivity index (χ1) is 10.1. The van der Waals surface area contributed by atoms with Gasteiger partial charge < -0.3 is 15.0 Å². The van der Waals surface area contributed by atoms with Gasteiger partial charge in [0.25, 0.3) is 0 Å². The second-order valence-electron chi connectivity index (χ2n) is 5.97. The number of ether oxygens (including phenoxy) is 1. The van der Waals surface area contributed by atoms with Crippen LogP contribution in [-0.4, -0.2) is 44.7 Å². The number of nitrogens with one attached hydrogen (secondary N) is 1. The monoisotopic (exact) mass is 290 g/mol. The van der Waals surface area contributed by atoms with E-state index in [-0.39, 0.29) is 17.9 Å². The van der Waals surface area contributed by atoms with Gasteiger partial charge in [0.2, 0.25) is 5.91 Å². The number of nitrogens with zero attached hydrogens (tertiary/aromatic N) is 1. The van der Waals surface area contributed by atoms with E-state index in [9.17, 15) is 4.79 Å². The minimum atomic E-state index is 0.110. The Balaban J connectivity index is 1.97. The lowest BCUT2D eigenvalue weighted by Crippen LogP contribution is -2.39. The lowest BCUT2D eigenvalue weighted by atomic mass is 9.98. The van der Waals surface area contributed by atoms with Crippen molar-refractivity contribution in [1.29, 1.82) is 0 Å². The highest BCUT2D eigenvalue weighted by molar-refractivity contribution is 5.78. The van der Waals surface area contributed by atoms with Crippen molar-refractivity contribution >= 4 is 5.91 Å². The molecule has 1 aliphatic rings. The van der Waals surface area contributed by atoms with Gasteiger partial charge in [-0.3, -0.25) is 4.79 Å². The minimum Gasteiger partial charge on any atom is -0.381 e. The van der Waals surface area contributed by atoms with Crippen molar-refractivity contribution in [2.24, 2.45) is 5.92 Å². The molecule has 0 saturated carbocycles. The molecule has 0 aromatic heterocycles. The van der Waals surface area contributed by atoms with Crippen LogP contribution in [0, 0.1) is 12.8 Å². The van der Waals surface area contributed by atoms with Crippen molar-refractivity contribution in [3.05, 3.63) is 35.4 Å². The van der Waals surface area contributed by atoms with E-state index in [4.69, 9.17) is 4.74 Å². The van der Waals surface area contributed by atoms with Gasteiger partial charge in [-0.25, -0.2) is 0 Å². The van der Waals surface area contributed by atoms with Crippen LogP contribution in [-0.2, 0) is 9.53 Å². The molecular weight excluding hydrogens is 264 g/mol. The Kier molecular flexibility index (Phi) is 5.76. The Morgan fingerprint density at radius 2 is 2.00 bits per heavy atom. The summed E-state index contributed by atoms with van der Waals surface area (Å²) in [7, 11) is 4.11. The van der Waals surface area contributed by atoms with Gasteiger partial charge in [0.1, 0.15) is 0 Å². The summed E-state index contributed by atoms with van der Waals surface area (Å²) in [5, 5.41) is 3.12. The molecule has 0 spiro atoms. The number of hydrogen-bond donors (Lipinski definition) is 1. The molecule has 4 heteroatoms. The van der Waals surface area contributed by atoms with Crippen molar-refractivity contribution < 1.29 is 9.53 Å². The number of rotatable bonds is 5. The molecule has 1 heterocycles. The molecule has 21 heavy (non-hydrogen) atoms. The maximum absolute atomic E-state index is 12.3. The summed E-state index contributed by atoms with van der Waals surface area (Å²) in [6, 6.07) is 8.56. The third kappa shape index (κ3) is 4.29. The second-order valence-corrected chi connectivity index (χ2v) is 5.97. The topological polar surface area (TPSA) is 41.6 Å². The molecule has 1 atom stereocenters. The molecule has 1 aliphatic heterocycles. The number of benzene rings is 1. The molecule has 0 bridgehead atoms. The van der Waals surface area contributed by atoms with Crippen molar-refractivity contribution in [1.82, 2.24) is 10.2 Å². The zero-order valence-electron chi connectivity index (χ0n) is 13.3. The van der Waals surface area contributed by atoms with Gasteiger partial charge in [-0.15, -0.1) is 0 Å². The number of carbonyl (C=O) groups excluding carboxylic acids is 1.